The summed E-state index contributed by atoms with van der Waals surface area (Å²) in [6.45, 7) is 2.15. The molecule has 0 saturated carbocycles. The van der Waals surface area contributed by atoms with Gasteiger partial charge in [0.05, 0.1) is 13.2 Å². The van der Waals surface area contributed by atoms with E-state index in [1.165, 1.54) is 0 Å². The van der Waals surface area contributed by atoms with Crippen LogP contribution in [0, 0.1) is 0 Å². The van der Waals surface area contributed by atoms with Gasteiger partial charge in [0.2, 0.25) is 0 Å². The summed E-state index contributed by atoms with van der Waals surface area (Å²) in [5, 5.41) is 1.53. The highest BCUT2D eigenvalue weighted by Crippen LogP contribution is 2.28. The molecule has 1 saturated heterocycles. The monoisotopic (exact) mass is 470 g/mol. The highest BCUT2D eigenvalue weighted by Gasteiger charge is 2.32. The van der Waals surface area contributed by atoms with E-state index in [2.05, 4.69) is 4.99 Å². The summed E-state index contributed by atoms with van der Waals surface area (Å²) in [4.78, 5) is 18.7. The van der Waals surface area contributed by atoms with Crippen LogP contribution < -0.4 is 9.47 Å². The van der Waals surface area contributed by atoms with Gasteiger partial charge in [-0.1, -0.05) is 41.6 Å². The molecule has 1 fully saturated rings. The van der Waals surface area contributed by atoms with Gasteiger partial charge >= 0.3 is 0 Å². The highest BCUT2D eigenvalue weighted by atomic mass is 35.5. The van der Waals surface area contributed by atoms with Gasteiger partial charge in [0.25, 0.3) is 5.91 Å². The van der Waals surface area contributed by atoms with Crippen LogP contribution in [0.5, 0.6) is 11.5 Å². The Morgan fingerprint density at radius 3 is 2.47 bits per heavy atom. The first-order valence-corrected chi connectivity index (χ1v) is 12.4. The minimum absolute atomic E-state index is 0.00509. The van der Waals surface area contributed by atoms with Gasteiger partial charge in [-0.3, -0.25) is 9.69 Å². The molecule has 2 aliphatic rings. The molecule has 0 radical (unpaired) electrons. The zero-order valence-electron chi connectivity index (χ0n) is 18.0. The number of ether oxygens (including phenoxy) is 2. The van der Waals surface area contributed by atoms with E-state index in [0.717, 1.165) is 66.6 Å². The van der Waals surface area contributed by atoms with Crippen LogP contribution in [0.4, 0.5) is 0 Å². The molecule has 2 aliphatic heterocycles. The second-order valence-corrected chi connectivity index (χ2v) is 9.22. The topological polar surface area (TPSA) is 51.1 Å². The summed E-state index contributed by atoms with van der Waals surface area (Å²) in [5.41, 5.74) is 1.47. The molecule has 0 bridgehead atoms. The summed E-state index contributed by atoms with van der Waals surface area (Å²) in [6.07, 6.45) is 7.08. The van der Waals surface area contributed by atoms with Gasteiger partial charge in [-0.2, -0.15) is 0 Å². The number of carbonyl (C=O) groups is 1. The molecule has 7 heteroatoms. The van der Waals surface area contributed by atoms with Crippen LogP contribution in [0.2, 0.25) is 5.02 Å². The Morgan fingerprint density at radius 1 is 1.00 bits per heavy atom. The molecule has 2 heterocycles. The van der Waals surface area contributed by atoms with Gasteiger partial charge in [-0.15, -0.1) is 0 Å². The van der Waals surface area contributed by atoms with E-state index in [1.807, 2.05) is 54.6 Å². The first-order chi connectivity index (χ1) is 15.7. The lowest BCUT2D eigenvalue weighted by atomic mass is 10.2. The molecule has 0 spiro atoms. The fourth-order valence-corrected chi connectivity index (χ4v) is 4.67. The number of fused-ring (bicyclic) bond motifs is 1. The Balaban J connectivity index is 1.13. The lowest BCUT2D eigenvalue weighted by molar-refractivity contribution is -0.122. The van der Waals surface area contributed by atoms with Crippen molar-refractivity contribution in [2.45, 2.75) is 32.1 Å². The normalized spacial score (nSPS) is 16.8. The van der Waals surface area contributed by atoms with Crippen molar-refractivity contribution in [3.05, 3.63) is 64.8 Å². The van der Waals surface area contributed by atoms with Gasteiger partial charge in [0.15, 0.2) is 5.17 Å². The van der Waals surface area contributed by atoms with E-state index >= 15 is 0 Å². The van der Waals surface area contributed by atoms with Crippen molar-refractivity contribution in [2.24, 2.45) is 4.99 Å². The van der Waals surface area contributed by atoms with Crippen LogP contribution >= 0.6 is 23.4 Å². The van der Waals surface area contributed by atoms with Crippen molar-refractivity contribution in [2.75, 3.05) is 25.5 Å². The Kier molecular flexibility index (Phi) is 8.13. The lowest BCUT2D eigenvalue weighted by Crippen LogP contribution is -2.34. The standard InChI is InChI=1S/C25H27ClN2O3S/c26-20-7-5-8-22(18-20)31-15-4-2-1-3-14-30-21-11-9-19(10-12-21)17-23-24(29)28-13-6-16-32-25(28)27-23/h5,7-12,17-18H,1-4,6,13-16H2/b23-17-. The maximum absolute atomic E-state index is 12.5. The molecule has 4 rings (SSSR count). The molecule has 0 unspecified atom stereocenters. The number of hydrogen-bond acceptors (Lipinski definition) is 5. The molecule has 0 N–H and O–H groups in total. The van der Waals surface area contributed by atoms with Gasteiger partial charge in [0.1, 0.15) is 17.2 Å². The van der Waals surface area contributed by atoms with Crippen LogP contribution in [-0.4, -0.2) is 41.5 Å². The van der Waals surface area contributed by atoms with E-state index in [0.29, 0.717) is 23.9 Å². The predicted molar refractivity (Wildman–Crippen MR) is 132 cm³/mol. The van der Waals surface area contributed by atoms with Crippen molar-refractivity contribution in [1.29, 1.82) is 0 Å². The van der Waals surface area contributed by atoms with Crippen molar-refractivity contribution in [1.82, 2.24) is 4.90 Å². The van der Waals surface area contributed by atoms with E-state index < -0.39 is 0 Å². The van der Waals surface area contributed by atoms with E-state index in [9.17, 15) is 4.79 Å². The maximum atomic E-state index is 12.5. The first kappa shape index (κ1) is 22.7. The molecule has 0 atom stereocenters. The summed E-state index contributed by atoms with van der Waals surface area (Å²) in [7, 11) is 0. The molecule has 32 heavy (non-hydrogen) atoms. The molecule has 0 aliphatic carbocycles. The largest absolute Gasteiger partial charge is 0.494 e. The van der Waals surface area contributed by atoms with Crippen LogP contribution in [-0.2, 0) is 4.79 Å². The molecule has 5 nitrogen and oxygen atoms in total. The number of unbranched alkanes of at least 4 members (excludes halogenated alkanes) is 3. The quantitative estimate of drug-likeness (QED) is 0.314. The number of amidine groups is 1. The average molecular weight is 471 g/mol. The average Bonchev–Trinajstić information content (AvgIpc) is 3.12. The minimum atomic E-state index is 0.00509. The summed E-state index contributed by atoms with van der Waals surface area (Å²) >= 11 is 7.60. The molecule has 168 valence electrons. The van der Waals surface area contributed by atoms with Crippen LogP contribution in [0.1, 0.15) is 37.7 Å². The van der Waals surface area contributed by atoms with Crippen molar-refractivity contribution in [3.8, 4) is 11.5 Å². The Labute approximate surface area is 198 Å². The number of carbonyl (C=O) groups excluding carboxylic acids is 1. The Hall–Kier alpha value is -2.44. The van der Waals surface area contributed by atoms with Crippen molar-refractivity contribution < 1.29 is 14.3 Å². The second kappa shape index (κ2) is 11.4. The zero-order chi connectivity index (χ0) is 22.2. The first-order valence-electron chi connectivity index (χ1n) is 11.1. The number of amides is 1. The molecule has 1 amide bonds. The van der Waals surface area contributed by atoms with Crippen molar-refractivity contribution >= 4 is 40.5 Å². The number of thioether (sulfide) groups is 1. The molecule has 2 aromatic carbocycles. The third-order valence-corrected chi connectivity index (χ3v) is 6.52. The number of nitrogens with zero attached hydrogens (tertiary/aromatic N) is 2. The smallest absolute Gasteiger partial charge is 0.278 e. The Bertz CT molecular complexity index is 991. The van der Waals surface area contributed by atoms with E-state index in [-0.39, 0.29) is 5.91 Å². The fourth-order valence-electron chi connectivity index (χ4n) is 3.54. The summed E-state index contributed by atoms with van der Waals surface area (Å²) in [6, 6.07) is 15.3. The lowest BCUT2D eigenvalue weighted by Gasteiger charge is -2.21. The Morgan fingerprint density at radius 2 is 1.75 bits per heavy atom. The number of hydrogen-bond donors (Lipinski definition) is 0. The SMILES string of the molecule is O=C1/C(=C/c2ccc(OCCCCCCOc3cccc(Cl)c3)cc2)N=C2SCCCN12. The minimum Gasteiger partial charge on any atom is -0.494 e. The van der Waals surface area contributed by atoms with Crippen LogP contribution in [0.15, 0.2) is 59.2 Å². The predicted octanol–water partition coefficient (Wildman–Crippen LogP) is 6.03. The maximum Gasteiger partial charge on any atom is 0.278 e. The molecule has 0 aromatic heterocycles. The third-order valence-electron chi connectivity index (χ3n) is 5.22. The highest BCUT2D eigenvalue weighted by molar-refractivity contribution is 8.13. The van der Waals surface area contributed by atoms with E-state index in [4.69, 9.17) is 21.1 Å². The van der Waals surface area contributed by atoms with Gasteiger partial charge in [0, 0.05) is 17.3 Å². The number of rotatable bonds is 10. The number of benzene rings is 2. The molecular formula is C25H27ClN2O3S. The summed E-state index contributed by atoms with van der Waals surface area (Å²) < 4.78 is 11.5. The fraction of sp³-hybridized carbons (Fsp3) is 0.360. The molecular weight excluding hydrogens is 444 g/mol. The number of halogens is 1. The van der Waals surface area contributed by atoms with E-state index in [1.54, 1.807) is 16.7 Å². The van der Waals surface area contributed by atoms with Crippen LogP contribution in [0.3, 0.4) is 0 Å². The van der Waals surface area contributed by atoms with Crippen LogP contribution in [0.25, 0.3) is 6.08 Å². The number of aliphatic imine (C=N–C) groups is 1. The van der Waals surface area contributed by atoms with Gasteiger partial charge in [-0.05, 0) is 74.1 Å². The second-order valence-electron chi connectivity index (χ2n) is 7.72. The third kappa shape index (κ3) is 6.30. The van der Waals surface area contributed by atoms with Gasteiger partial charge < -0.3 is 9.47 Å². The molecule has 2 aromatic rings. The van der Waals surface area contributed by atoms with Crippen molar-refractivity contribution in [3.63, 3.8) is 0 Å². The summed E-state index contributed by atoms with van der Waals surface area (Å²) in [5.74, 6) is 2.69. The van der Waals surface area contributed by atoms with Gasteiger partial charge in [-0.25, -0.2) is 4.99 Å². The zero-order valence-corrected chi connectivity index (χ0v) is 19.5.